The summed E-state index contributed by atoms with van der Waals surface area (Å²) in [5.41, 5.74) is 0.166. The normalized spacial score (nSPS) is 17.1. The Balaban J connectivity index is 1.90. The summed E-state index contributed by atoms with van der Waals surface area (Å²) in [6.07, 6.45) is 3.09. The van der Waals surface area contributed by atoms with E-state index >= 15 is 0 Å². The topological polar surface area (TPSA) is 105 Å². The van der Waals surface area contributed by atoms with Crippen LogP contribution < -0.4 is 0 Å². The van der Waals surface area contributed by atoms with E-state index in [2.05, 4.69) is 10.3 Å². The number of hydrogen-bond acceptors (Lipinski definition) is 6. The van der Waals surface area contributed by atoms with Crippen LogP contribution in [0, 0.1) is 0 Å². The van der Waals surface area contributed by atoms with Crippen LogP contribution >= 0.6 is 0 Å². The van der Waals surface area contributed by atoms with Crippen molar-refractivity contribution in [1.29, 1.82) is 0 Å². The van der Waals surface area contributed by atoms with Gasteiger partial charge >= 0.3 is 0 Å². The molecule has 1 amide bonds. The third-order valence-corrected chi connectivity index (χ3v) is 4.34. The van der Waals surface area contributed by atoms with Gasteiger partial charge in [0, 0.05) is 26.2 Å². The summed E-state index contributed by atoms with van der Waals surface area (Å²) in [5, 5.41) is 7.22. The first kappa shape index (κ1) is 14.6. The Labute approximate surface area is 116 Å². The van der Waals surface area contributed by atoms with Crippen LogP contribution in [-0.4, -0.2) is 77.2 Å². The van der Waals surface area contributed by atoms with E-state index in [4.69, 9.17) is 0 Å². The van der Waals surface area contributed by atoms with Gasteiger partial charge in [-0.25, -0.2) is 13.1 Å². The first-order valence-electron chi connectivity index (χ1n) is 5.98. The number of hydrogen-bond donors (Lipinski definition) is 0. The third kappa shape index (κ3) is 3.39. The molecule has 1 fully saturated rings. The largest absolute Gasteiger partial charge is 0.338 e. The van der Waals surface area contributed by atoms with E-state index in [1.165, 1.54) is 15.2 Å². The van der Waals surface area contributed by atoms with Crippen LogP contribution in [0.15, 0.2) is 6.20 Å². The standard InChI is InChI=1S/C10H15N5O4S/c1-20(18,19)15-4-2-13(3-5-15)10(17)7-14-6-9(8-16)11-12-14/h6,8H,2-5,7H2,1H3. The van der Waals surface area contributed by atoms with Crippen LogP contribution in [-0.2, 0) is 21.4 Å². The third-order valence-electron chi connectivity index (χ3n) is 3.03. The van der Waals surface area contributed by atoms with Gasteiger partial charge < -0.3 is 4.90 Å². The molecule has 0 aromatic carbocycles. The molecule has 1 aromatic heterocycles. The number of sulfonamides is 1. The van der Waals surface area contributed by atoms with Crippen molar-refractivity contribution >= 4 is 22.2 Å². The van der Waals surface area contributed by atoms with Gasteiger partial charge in [-0.2, -0.15) is 4.31 Å². The van der Waals surface area contributed by atoms with Crippen molar-refractivity contribution in [2.45, 2.75) is 6.54 Å². The molecular weight excluding hydrogens is 286 g/mol. The molecular formula is C10H15N5O4S. The van der Waals surface area contributed by atoms with Crippen molar-refractivity contribution in [3.05, 3.63) is 11.9 Å². The number of carbonyl (C=O) groups excluding carboxylic acids is 2. The molecule has 10 heteroatoms. The summed E-state index contributed by atoms with van der Waals surface area (Å²) < 4.78 is 25.3. The van der Waals surface area contributed by atoms with Crippen LogP contribution in [0.2, 0.25) is 0 Å². The van der Waals surface area contributed by atoms with Crippen LogP contribution in [0.25, 0.3) is 0 Å². The van der Waals surface area contributed by atoms with Gasteiger partial charge in [0.05, 0.1) is 12.5 Å². The number of nitrogens with zero attached hydrogens (tertiary/aromatic N) is 5. The van der Waals surface area contributed by atoms with E-state index in [1.54, 1.807) is 4.90 Å². The molecule has 9 nitrogen and oxygen atoms in total. The highest BCUT2D eigenvalue weighted by Crippen LogP contribution is 2.06. The summed E-state index contributed by atoms with van der Waals surface area (Å²) in [7, 11) is -3.20. The van der Waals surface area contributed by atoms with Gasteiger partial charge in [0.2, 0.25) is 15.9 Å². The number of rotatable bonds is 4. The number of aldehydes is 1. The Morgan fingerprint density at radius 2 is 2.00 bits per heavy atom. The van der Waals surface area contributed by atoms with Gasteiger partial charge in [0.1, 0.15) is 12.2 Å². The van der Waals surface area contributed by atoms with Crippen molar-refractivity contribution in [2.24, 2.45) is 0 Å². The molecule has 0 atom stereocenters. The van der Waals surface area contributed by atoms with Crippen LogP contribution in [0.1, 0.15) is 10.5 Å². The van der Waals surface area contributed by atoms with Crippen molar-refractivity contribution in [1.82, 2.24) is 24.2 Å². The molecule has 2 rings (SSSR count). The molecule has 1 saturated heterocycles. The fourth-order valence-corrected chi connectivity index (χ4v) is 2.78. The predicted octanol–water partition coefficient (Wildman–Crippen LogP) is -1.81. The van der Waals surface area contributed by atoms with Gasteiger partial charge in [-0.15, -0.1) is 5.10 Å². The van der Waals surface area contributed by atoms with Crippen molar-refractivity contribution in [2.75, 3.05) is 32.4 Å². The second-order valence-corrected chi connectivity index (χ2v) is 6.48. The summed E-state index contributed by atoms with van der Waals surface area (Å²) in [6, 6.07) is 0. The van der Waals surface area contributed by atoms with E-state index < -0.39 is 10.0 Å². The Hall–Kier alpha value is -1.81. The Morgan fingerprint density at radius 3 is 2.50 bits per heavy atom. The first-order chi connectivity index (χ1) is 9.40. The van der Waals surface area contributed by atoms with E-state index in [9.17, 15) is 18.0 Å². The SMILES string of the molecule is CS(=O)(=O)N1CCN(C(=O)Cn2cc(C=O)nn2)CC1. The Bertz CT molecular complexity index is 603. The molecule has 0 spiro atoms. The molecule has 0 N–H and O–H groups in total. The number of amides is 1. The second-order valence-electron chi connectivity index (χ2n) is 4.50. The average Bonchev–Trinajstić information content (AvgIpc) is 2.85. The molecule has 0 unspecified atom stereocenters. The first-order valence-corrected chi connectivity index (χ1v) is 7.83. The van der Waals surface area contributed by atoms with Crippen molar-refractivity contribution in [3.63, 3.8) is 0 Å². The number of aromatic nitrogens is 3. The van der Waals surface area contributed by atoms with E-state index in [0.29, 0.717) is 32.5 Å². The molecule has 0 aliphatic carbocycles. The fraction of sp³-hybridized carbons (Fsp3) is 0.600. The van der Waals surface area contributed by atoms with Crippen LogP contribution in [0.5, 0.6) is 0 Å². The Morgan fingerprint density at radius 1 is 1.35 bits per heavy atom. The van der Waals surface area contributed by atoms with E-state index in [0.717, 1.165) is 6.26 Å². The van der Waals surface area contributed by atoms with Crippen LogP contribution in [0.4, 0.5) is 0 Å². The zero-order valence-electron chi connectivity index (χ0n) is 11.0. The zero-order valence-corrected chi connectivity index (χ0v) is 11.8. The highest BCUT2D eigenvalue weighted by Gasteiger charge is 2.26. The average molecular weight is 301 g/mol. The molecule has 110 valence electrons. The molecule has 1 aromatic rings. The molecule has 1 aliphatic rings. The lowest BCUT2D eigenvalue weighted by atomic mass is 10.3. The molecule has 2 heterocycles. The minimum Gasteiger partial charge on any atom is -0.338 e. The quantitative estimate of drug-likeness (QED) is 0.607. The summed E-state index contributed by atoms with van der Waals surface area (Å²) in [6.45, 7) is 1.27. The lowest BCUT2D eigenvalue weighted by Crippen LogP contribution is -2.51. The summed E-state index contributed by atoms with van der Waals surface area (Å²) in [5.74, 6) is -0.180. The summed E-state index contributed by atoms with van der Waals surface area (Å²) in [4.78, 5) is 24.0. The van der Waals surface area contributed by atoms with Gasteiger partial charge in [0.15, 0.2) is 6.29 Å². The minimum absolute atomic E-state index is 0.0142. The molecule has 0 bridgehead atoms. The maximum Gasteiger partial charge on any atom is 0.244 e. The lowest BCUT2D eigenvalue weighted by molar-refractivity contribution is -0.133. The minimum atomic E-state index is -3.20. The van der Waals surface area contributed by atoms with Gasteiger partial charge in [-0.1, -0.05) is 5.21 Å². The van der Waals surface area contributed by atoms with Gasteiger partial charge in [0.25, 0.3) is 0 Å². The van der Waals surface area contributed by atoms with E-state index in [1.807, 2.05) is 0 Å². The zero-order chi connectivity index (χ0) is 14.8. The second kappa shape index (κ2) is 5.67. The maximum atomic E-state index is 12.0. The maximum absolute atomic E-state index is 12.0. The Kier molecular flexibility index (Phi) is 4.14. The van der Waals surface area contributed by atoms with Crippen LogP contribution in [0.3, 0.4) is 0 Å². The number of carbonyl (C=O) groups is 2. The summed E-state index contributed by atoms with van der Waals surface area (Å²) >= 11 is 0. The molecule has 0 saturated carbocycles. The lowest BCUT2D eigenvalue weighted by Gasteiger charge is -2.33. The van der Waals surface area contributed by atoms with Crippen molar-refractivity contribution < 1.29 is 18.0 Å². The smallest absolute Gasteiger partial charge is 0.244 e. The highest BCUT2D eigenvalue weighted by atomic mass is 32.2. The van der Waals surface area contributed by atoms with Gasteiger partial charge in [-0.05, 0) is 0 Å². The molecule has 1 aliphatic heterocycles. The predicted molar refractivity (Wildman–Crippen MR) is 68.4 cm³/mol. The monoisotopic (exact) mass is 301 g/mol. The molecule has 20 heavy (non-hydrogen) atoms. The van der Waals surface area contributed by atoms with Crippen molar-refractivity contribution in [3.8, 4) is 0 Å². The highest BCUT2D eigenvalue weighted by molar-refractivity contribution is 7.88. The molecule has 0 radical (unpaired) electrons. The number of piperazine rings is 1. The fourth-order valence-electron chi connectivity index (χ4n) is 1.95. The van der Waals surface area contributed by atoms with E-state index in [-0.39, 0.29) is 18.1 Å². The van der Waals surface area contributed by atoms with Gasteiger partial charge in [-0.3, -0.25) is 9.59 Å².